The van der Waals surface area contributed by atoms with Crippen LogP contribution in [0.2, 0.25) is 5.02 Å². The van der Waals surface area contributed by atoms with Crippen LogP contribution in [0.3, 0.4) is 0 Å². The Balaban J connectivity index is 1.34. The van der Waals surface area contributed by atoms with Crippen LogP contribution in [0.15, 0.2) is 12.1 Å². The Morgan fingerprint density at radius 2 is 1.89 bits per heavy atom. The van der Waals surface area contributed by atoms with Crippen LogP contribution >= 0.6 is 11.6 Å². The number of phenolic OH excluding ortho intramolecular Hbond substituents is 1. The molecule has 27 heavy (non-hydrogen) atoms. The lowest BCUT2D eigenvalue weighted by Crippen LogP contribution is -2.62. The van der Waals surface area contributed by atoms with Crippen LogP contribution in [0, 0.1) is 0 Å². The molecule has 1 aromatic carbocycles. The van der Waals surface area contributed by atoms with Gasteiger partial charge in [-0.05, 0) is 44.4 Å². The van der Waals surface area contributed by atoms with Crippen molar-refractivity contribution in [3.63, 3.8) is 0 Å². The maximum Gasteiger partial charge on any atom is 0.244 e. The quantitative estimate of drug-likeness (QED) is 0.752. The number of phenols is 1. The smallest absolute Gasteiger partial charge is 0.244 e. The number of hydrogen-bond donors (Lipinski definition) is 2. The number of piperazine rings is 1. The molecule has 4 rings (SSSR count). The number of carbonyl (C=O) groups excluding carboxylic acids is 1. The number of carbonyl (C=O) groups is 1. The van der Waals surface area contributed by atoms with E-state index in [0.717, 1.165) is 57.7 Å². The van der Waals surface area contributed by atoms with Gasteiger partial charge in [0.05, 0.1) is 5.69 Å². The largest absolute Gasteiger partial charge is 0.506 e. The van der Waals surface area contributed by atoms with E-state index < -0.39 is 0 Å². The molecule has 0 radical (unpaired) electrons. The molecule has 7 heteroatoms. The molecule has 6 nitrogen and oxygen atoms in total. The first-order valence-electron chi connectivity index (χ1n) is 9.92. The minimum absolute atomic E-state index is 0.0858. The molecule has 2 heterocycles. The van der Waals surface area contributed by atoms with Gasteiger partial charge < -0.3 is 20.2 Å². The second-order valence-electron chi connectivity index (χ2n) is 8.27. The minimum atomic E-state index is -0.384. The van der Waals surface area contributed by atoms with E-state index in [1.54, 1.807) is 6.07 Å². The Hall–Kier alpha value is -1.50. The van der Waals surface area contributed by atoms with Gasteiger partial charge in [0.2, 0.25) is 5.91 Å². The lowest BCUT2D eigenvalue weighted by Gasteiger charge is -2.47. The molecule has 0 aromatic heterocycles. The van der Waals surface area contributed by atoms with E-state index in [9.17, 15) is 9.90 Å². The van der Waals surface area contributed by atoms with Crippen LogP contribution in [0.4, 0.5) is 5.69 Å². The summed E-state index contributed by atoms with van der Waals surface area (Å²) >= 11 is 6.25. The van der Waals surface area contributed by atoms with Gasteiger partial charge in [0.1, 0.15) is 11.8 Å². The summed E-state index contributed by atoms with van der Waals surface area (Å²) in [5.74, 6) is 0.675. The zero-order valence-electron chi connectivity index (χ0n) is 16.1. The molecule has 3 aliphatic rings. The monoisotopic (exact) mass is 392 g/mol. The molecule has 3 fully saturated rings. The molecule has 2 saturated heterocycles. The molecular formula is C20H29ClN4O2. The Kier molecular flexibility index (Phi) is 5.23. The van der Waals surface area contributed by atoms with Gasteiger partial charge in [0.25, 0.3) is 0 Å². The zero-order chi connectivity index (χ0) is 19.1. The highest BCUT2D eigenvalue weighted by molar-refractivity contribution is 6.31. The fourth-order valence-corrected chi connectivity index (χ4v) is 4.49. The fraction of sp³-hybridized carbons (Fsp3) is 0.650. The first-order valence-corrected chi connectivity index (χ1v) is 10.3. The average molecular weight is 393 g/mol. The van der Waals surface area contributed by atoms with E-state index in [-0.39, 0.29) is 17.7 Å². The molecule has 1 atom stereocenters. The number of benzene rings is 1. The second kappa shape index (κ2) is 7.49. The zero-order valence-corrected chi connectivity index (χ0v) is 16.9. The molecule has 1 aromatic rings. The van der Waals surface area contributed by atoms with Crippen molar-refractivity contribution in [2.75, 3.05) is 51.6 Å². The molecule has 0 bridgehead atoms. The molecule has 1 saturated carbocycles. The first-order chi connectivity index (χ1) is 12.9. The third-order valence-corrected chi connectivity index (χ3v) is 6.39. The number of nitrogens with one attached hydrogen (secondary N) is 1. The van der Waals surface area contributed by atoms with E-state index in [4.69, 9.17) is 11.6 Å². The predicted octanol–water partition coefficient (Wildman–Crippen LogP) is 2.18. The van der Waals surface area contributed by atoms with Crippen LogP contribution in [0.5, 0.6) is 5.75 Å². The maximum atomic E-state index is 12.9. The highest BCUT2D eigenvalue weighted by atomic mass is 35.5. The van der Waals surface area contributed by atoms with Crippen molar-refractivity contribution in [2.45, 2.75) is 37.8 Å². The number of rotatable bonds is 5. The number of hydrogen-bond acceptors (Lipinski definition) is 5. The van der Waals surface area contributed by atoms with Gasteiger partial charge in [-0.1, -0.05) is 11.6 Å². The number of anilines is 1. The third kappa shape index (κ3) is 4.03. The van der Waals surface area contributed by atoms with Crippen LogP contribution in [0.1, 0.15) is 31.2 Å². The first kappa shape index (κ1) is 18.8. The van der Waals surface area contributed by atoms with Gasteiger partial charge >= 0.3 is 0 Å². The summed E-state index contributed by atoms with van der Waals surface area (Å²) in [6.07, 6.45) is 2.28. The number of halogens is 1. The molecule has 2 N–H and O–H groups in total. The van der Waals surface area contributed by atoms with Gasteiger partial charge in [-0.25, -0.2) is 0 Å². The van der Waals surface area contributed by atoms with Gasteiger partial charge in [-0.3, -0.25) is 9.69 Å². The number of amides is 1. The van der Waals surface area contributed by atoms with Crippen LogP contribution in [0.25, 0.3) is 0 Å². The van der Waals surface area contributed by atoms with Crippen molar-refractivity contribution in [3.05, 3.63) is 22.7 Å². The normalized spacial score (nSPS) is 23.1. The number of nitrogens with zero attached hydrogens (tertiary/aromatic N) is 3. The molecular weight excluding hydrogens is 364 g/mol. The summed E-state index contributed by atoms with van der Waals surface area (Å²) in [6.45, 7) is 7.54. The number of likely N-dealkylation sites (tertiary alicyclic amines) is 1. The summed E-state index contributed by atoms with van der Waals surface area (Å²) in [7, 11) is 2.14. The predicted molar refractivity (Wildman–Crippen MR) is 108 cm³/mol. The maximum absolute atomic E-state index is 12.9. The van der Waals surface area contributed by atoms with E-state index in [0.29, 0.717) is 22.7 Å². The van der Waals surface area contributed by atoms with Crippen molar-refractivity contribution in [1.82, 2.24) is 14.7 Å². The number of aromatic hydroxyl groups is 1. The van der Waals surface area contributed by atoms with E-state index in [1.165, 1.54) is 0 Å². The number of likely N-dealkylation sites (N-methyl/N-ethyl adjacent to an activating group) is 1. The highest BCUT2D eigenvalue weighted by Gasteiger charge is 2.33. The topological polar surface area (TPSA) is 59.1 Å². The molecule has 0 spiro atoms. The molecule has 2 aliphatic heterocycles. The fourth-order valence-electron chi connectivity index (χ4n) is 4.18. The molecule has 0 unspecified atom stereocenters. The van der Waals surface area contributed by atoms with Crippen molar-refractivity contribution >= 4 is 23.2 Å². The second-order valence-corrected chi connectivity index (χ2v) is 8.67. The van der Waals surface area contributed by atoms with Gasteiger partial charge in [0, 0.05) is 56.4 Å². The van der Waals surface area contributed by atoms with Crippen molar-refractivity contribution in [3.8, 4) is 5.75 Å². The molecule has 148 valence electrons. The van der Waals surface area contributed by atoms with Gasteiger partial charge in [-0.2, -0.15) is 0 Å². The summed E-state index contributed by atoms with van der Waals surface area (Å²) in [5.41, 5.74) is 1.66. The summed E-state index contributed by atoms with van der Waals surface area (Å²) in [4.78, 5) is 19.6. The van der Waals surface area contributed by atoms with Gasteiger partial charge in [0.15, 0.2) is 0 Å². The molecule has 1 amide bonds. The Morgan fingerprint density at radius 3 is 2.48 bits per heavy atom. The average Bonchev–Trinajstić information content (AvgIpc) is 3.46. The Bertz CT molecular complexity index is 710. The van der Waals surface area contributed by atoms with Crippen molar-refractivity contribution in [2.24, 2.45) is 0 Å². The summed E-state index contributed by atoms with van der Waals surface area (Å²) < 4.78 is 0. The van der Waals surface area contributed by atoms with E-state index in [1.807, 2.05) is 17.9 Å². The lowest BCUT2D eigenvalue weighted by molar-refractivity contribution is -0.134. The summed E-state index contributed by atoms with van der Waals surface area (Å²) in [5, 5.41) is 14.0. The van der Waals surface area contributed by atoms with E-state index >= 15 is 0 Å². The molecule has 1 aliphatic carbocycles. The van der Waals surface area contributed by atoms with Crippen molar-refractivity contribution in [1.29, 1.82) is 0 Å². The Morgan fingerprint density at radius 1 is 1.22 bits per heavy atom. The van der Waals surface area contributed by atoms with Crippen LogP contribution in [-0.2, 0) is 4.79 Å². The van der Waals surface area contributed by atoms with Crippen molar-refractivity contribution < 1.29 is 9.90 Å². The van der Waals surface area contributed by atoms with Gasteiger partial charge in [-0.15, -0.1) is 0 Å². The van der Waals surface area contributed by atoms with Crippen LogP contribution < -0.4 is 5.32 Å². The highest BCUT2D eigenvalue weighted by Crippen LogP contribution is 2.46. The lowest BCUT2D eigenvalue weighted by atomic mass is 10.1. The Labute approximate surface area is 166 Å². The van der Waals surface area contributed by atoms with E-state index in [2.05, 4.69) is 22.2 Å². The van der Waals surface area contributed by atoms with Crippen LogP contribution in [-0.4, -0.2) is 84.1 Å². The summed E-state index contributed by atoms with van der Waals surface area (Å²) in [6, 6.07) is 3.76. The minimum Gasteiger partial charge on any atom is -0.506 e. The SMILES string of the molecule is C[C@H](Nc1cc(C2CC2)c(Cl)cc1O)C(=O)N1CCN(C2CN(C)C2)CC1. The third-order valence-electron chi connectivity index (χ3n) is 6.06. The standard InChI is InChI=1S/C20H29ClN4O2/c1-13(22-18-9-16(14-3-4-14)17(21)10-19(18)26)20(27)25-7-5-24(6-8-25)15-11-23(2)12-15/h9-10,13-15,22,26H,3-8,11-12H2,1-2H3/t13-/m0/s1.